The van der Waals surface area contributed by atoms with E-state index in [1.54, 1.807) is 17.8 Å². The summed E-state index contributed by atoms with van der Waals surface area (Å²) in [4.78, 5) is 13.6. The Kier molecular flexibility index (Phi) is 5.96. The molecule has 0 radical (unpaired) electrons. The molecule has 1 unspecified atom stereocenters. The first kappa shape index (κ1) is 16.2. The van der Waals surface area contributed by atoms with Crippen LogP contribution >= 0.6 is 23.1 Å². The van der Waals surface area contributed by atoms with E-state index in [4.69, 9.17) is 10.5 Å². The largest absolute Gasteiger partial charge is 0.396 e. The van der Waals surface area contributed by atoms with Gasteiger partial charge >= 0.3 is 0 Å². The van der Waals surface area contributed by atoms with Crippen LogP contribution in [-0.2, 0) is 4.74 Å². The molecule has 1 aliphatic heterocycles. The highest BCUT2D eigenvalue weighted by molar-refractivity contribution is 7.99. The van der Waals surface area contributed by atoms with Crippen molar-refractivity contribution in [2.75, 3.05) is 37.0 Å². The van der Waals surface area contributed by atoms with Crippen LogP contribution in [0.25, 0.3) is 0 Å². The van der Waals surface area contributed by atoms with Crippen molar-refractivity contribution in [3.63, 3.8) is 0 Å². The van der Waals surface area contributed by atoms with Crippen molar-refractivity contribution in [1.82, 2.24) is 5.32 Å². The second-order valence-electron chi connectivity index (χ2n) is 4.72. The van der Waals surface area contributed by atoms with Gasteiger partial charge in [0, 0.05) is 19.7 Å². The Morgan fingerprint density at radius 3 is 3.10 bits per heavy atom. The molecule has 1 atom stereocenters. The summed E-state index contributed by atoms with van der Waals surface area (Å²) in [6.07, 6.45) is 6.05. The predicted octanol–water partition coefficient (Wildman–Crippen LogP) is 2.56. The molecular weight excluding hydrogens is 306 g/mol. The first-order valence-electron chi connectivity index (χ1n) is 6.88. The number of amides is 1. The van der Waals surface area contributed by atoms with Crippen molar-refractivity contribution < 1.29 is 9.53 Å². The molecule has 1 fully saturated rings. The van der Waals surface area contributed by atoms with Gasteiger partial charge in [-0.25, -0.2) is 0 Å². The van der Waals surface area contributed by atoms with Crippen LogP contribution in [0.2, 0.25) is 0 Å². The average molecular weight is 327 g/mol. The second-order valence-corrected chi connectivity index (χ2v) is 6.56. The van der Waals surface area contributed by atoms with Crippen LogP contribution in [0.1, 0.15) is 22.5 Å². The number of nitrogens with one attached hydrogen (secondary N) is 2. The molecule has 1 aromatic heterocycles. The van der Waals surface area contributed by atoms with Crippen LogP contribution in [0, 0.1) is 0 Å². The summed E-state index contributed by atoms with van der Waals surface area (Å²) in [5.74, 6) is -0.155. The first-order valence-corrected chi connectivity index (χ1v) is 8.92. The van der Waals surface area contributed by atoms with Gasteiger partial charge in [0.1, 0.15) is 9.88 Å². The minimum Gasteiger partial charge on any atom is -0.396 e. The summed E-state index contributed by atoms with van der Waals surface area (Å²) in [5.41, 5.74) is 6.65. The van der Waals surface area contributed by atoms with E-state index < -0.39 is 0 Å². The topological polar surface area (TPSA) is 76.4 Å². The number of thioether (sulfide) groups is 1. The highest BCUT2D eigenvalue weighted by Crippen LogP contribution is 2.41. The molecule has 0 bridgehead atoms. The predicted molar refractivity (Wildman–Crippen MR) is 90.5 cm³/mol. The van der Waals surface area contributed by atoms with Gasteiger partial charge in [-0.15, -0.1) is 29.7 Å². The molecule has 2 rings (SSSR count). The van der Waals surface area contributed by atoms with E-state index in [0.717, 1.165) is 35.9 Å². The molecule has 1 aromatic rings. The Balaban J connectivity index is 2.08. The van der Waals surface area contributed by atoms with E-state index in [1.807, 2.05) is 6.26 Å². The van der Waals surface area contributed by atoms with Crippen molar-refractivity contribution >= 4 is 39.7 Å². The SMILES string of the molecule is C=CCNC(=O)c1sc(NCC2CCCO2)c(SC)c1N. The number of ether oxygens (including phenoxy) is 1. The van der Waals surface area contributed by atoms with Gasteiger partial charge in [-0.3, -0.25) is 4.79 Å². The van der Waals surface area contributed by atoms with Crippen LogP contribution in [0.5, 0.6) is 0 Å². The van der Waals surface area contributed by atoms with Crippen molar-refractivity contribution in [3.8, 4) is 0 Å². The maximum Gasteiger partial charge on any atom is 0.263 e. The lowest BCUT2D eigenvalue weighted by Gasteiger charge is -2.11. The number of nitrogen functional groups attached to an aromatic ring is 1. The van der Waals surface area contributed by atoms with Crippen LogP contribution in [0.4, 0.5) is 10.7 Å². The third-order valence-corrected chi connectivity index (χ3v) is 5.35. The molecule has 0 spiro atoms. The van der Waals surface area contributed by atoms with Gasteiger partial charge in [0.25, 0.3) is 5.91 Å². The van der Waals surface area contributed by atoms with Crippen molar-refractivity contribution in [3.05, 3.63) is 17.5 Å². The molecule has 0 saturated carbocycles. The lowest BCUT2D eigenvalue weighted by atomic mass is 10.2. The Morgan fingerprint density at radius 2 is 2.48 bits per heavy atom. The summed E-state index contributed by atoms with van der Waals surface area (Å²) in [5, 5.41) is 7.08. The zero-order chi connectivity index (χ0) is 15.2. The summed E-state index contributed by atoms with van der Waals surface area (Å²) in [7, 11) is 0. The quantitative estimate of drug-likeness (QED) is 0.530. The maximum atomic E-state index is 12.1. The van der Waals surface area contributed by atoms with E-state index in [9.17, 15) is 4.79 Å². The monoisotopic (exact) mass is 327 g/mol. The normalized spacial score (nSPS) is 17.7. The molecule has 1 saturated heterocycles. The molecule has 0 aliphatic carbocycles. The van der Waals surface area contributed by atoms with Crippen molar-refractivity contribution in [2.45, 2.75) is 23.8 Å². The summed E-state index contributed by atoms with van der Waals surface area (Å²) >= 11 is 2.94. The minimum atomic E-state index is -0.155. The van der Waals surface area contributed by atoms with E-state index >= 15 is 0 Å². The molecule has 1 aliphatic rings. The molecule has 116 valence electrons. The lowest BCUT2D eigenvalue weighted by molar-refractivity contribution is 0.0962. The molecule has 0 aromatic carbocycles. The Bertz CT molecular complexity index is 511. The molecule has 1 amide bonds. The van der Waals surface area contributed by atoms with Gasteiger partial charge in [0.05, 0.1) is 16.7 Å². The number of carbonyl (C=O) groups excluding carboxylic acids is 1. The Morgan fingerprint density at radius 1 is 1.67 bits per heavy atom. The molecule has 21 heavy (non-hydrogen) atoms. The van der Waals surface area contributed by atoms with Crippen LogP contribution in [0.15, 0.2) is 17.6 Å². The van der Waals surface area contributed by atoms with Gasteiger partial charge in [-0.05, 0) is 19.1 Å². The minimum absolute atomic E-state index is 0.155. The van der Waals surface area contributed by atoms with Crippen LogP contribution in [0.3, 0.4) is 0 Å². The average Bonchev–Trinajstić information content (AvgIpc) is 3.10. The maximum absolute atomic E-state index is 12.1. The van der Waals surface area contributed by atoms with Crippen LogP contribution < -0.4 is 16.4 Å². The smallest absolute Gasteiger partial charge is 0.263 e. The second kappa shape index (κ2) is 7.72. The van der Waals surface area contributed by atoms with Crippen molar-refractivity contribution in [1.29, 1.82) is 0 Å². The Hall–Kier alpha value is -1.18. The van der Waals surface area contributed by atoms with Gasteiger partial charge in [-0.1, -0.05) is 6.08 Å². The fraction of sp³-hybridized carbons (Fsp3) is 0.500. The number of carbonyl (C=O) groups is 1. The van der Waals surface area contributed by atoms with E-state index in [-0.39, 0.29) is 12.0 Å². The third kappa shape index (κ3) is 3.93. The summed E-state index contributed by atoms with van der Waals surface area (Å²) in [6, 6.07) is 0. The van der Waals surface area contributed by atoms with Gasteiger partial charge < -0.3 is 21.1 Å². The third-order valence-electron chi connectivity index (χ3n) is 3.23. The van der Waals surface area contributed by atoms with E-state index in [0.29, 0.717) is 17.1 Å². The Labute approximate surface area is 133 Å². The highest BCUT2D eigenvalue weighted by atomic mass is 32.2. The van der Waals surface area contributed by atoms with Gasteiger partial charge in [-0.2, -0.15) is 0 Å². The van der Waals surface area contributed by atoms with Gasteiger partial charge in [0.15, 0.2) is 0 Å². The molecule has 5 nitrogen and oxygen atoms in total. The van der Waals surface area contributed by atoms with Gasteiger partial charge in [0.2, 0.25) is 0 Å². The fourth-order valence-electron chi connectivity index (χ4n) is 2.17. The zero-order valence-electron chi connectivity index (χ0n) is 12.1. The number of nitrogens with two attached hydrogens (primary N) is 1. The van der Waals surface area contributed by atoms with E-state index in [1.165, 1.54) is 11.3 Å². The molecule has 2 heterocycles. The van der Waals surface area contributed by atoms with Crippen molar-refractivity contribution in [2.24, 2.45) is 0 Å². The lowest BCUT2D eigenvalue weighted by Crippen LogP contribution is -2.23. The highest BCUT2D eigenvalue weighted by Gasteiger charge is 2.22. The molecule has 4 N–H and O–H groups in total. The number of hydrogen-bond acceptors (Lipinski definition) is 6. The number of hydrogen-bond donors (Lipinski definition) is 3. The molecular formula is C14H21N3O2S2. The summed E-state index contributed by atoms with van der Waals surface area (Å²) < 4.78 is 5.60. The first-order chi connectivity index (χ1) is 10.2. The van der Waals surface area contributed by atoms with E-state index in [2.05, 4.69) is 17.2 Å². The molecule has 7 heteroatoms. The number of anilines is 2. The summed E-state index contributed by atoms with van der Waals surface area (Å²) in [6.45, 7) is 5.61. The number of thiophene rings is 1. The standard InChI is InChI=1S/C14H21N3O2S2/c1-3-6-16-13(18)11-10(15)12(20-2)14(21-11)17-8-9-5-4-7-19-9/h3,9,17H,1,4-8,15H2,2H3,(H,16,18). The zero-order valence-corrected chi connectivity index (χ0v) is 13.7. The number of rotatable bonds is 7. The van der Waals surface area contributed by atoms with Crippen LogP contribution in [-0.4, -0.2) is 38.0 Å². The fourth-order valence-corrected chi connectivity index (χ4v) is 4.13.